The Kier molecular flexibility index (Phi) is 2.18. The molecule has 2 rings (SSSR count). The maximum atomic E-state index is 12.1. The van der Waals surface area contributed by atoms with Crippen molar-refractivity contribution in [3.05, 3.63) is 36.2 Å². The molecule has 6 heteroatoms. The standard InChI is InChI=1S/C9H5F3N2O/c10-9(11,12)8-13-7(14-15-8)6-4-2-1-3-5-6/h1-5H/i10-1. The lowest BCUT2D eigenvalue weighted by Gasteiger charge is -1.96. The topological polar surface area (TPSA) is 38.9 Å². The van der Waals surface area contributed by atoms with Crippen LogP contribution in [0.25, 0.3) is 11.4 Å². The van der Waals surface area contributed by atoms with Crippen molar-refractivity contribution in [2.24, 2.45) is 0 Å². The Bertz CT molecular complexity index is 450. The van der Waals surface area contributed by atoms with Crippen molar-refractivity contribution in [1.82, 2.24) is 10.1 Å². The second-order valence-corrected chi connectivity index (χ2v) is 2.79. The van der Waals surface area contributed by atoms with Crippen LogP contribution in [0.5, 0.6) is 0 Å². The molecular formula is C9H5F3N2O. The summed E-state index contributed by atoms with van der Waals surface area (Å²) in [7, 11) is 0. The van der Waals surface area contributed by atoms with E-state index in [1.54, 1.807) is 30.3 Å². The number of nitrogens with zero attached hydrogens (tertiary/aromatic N) is 2. The zero-order chi connectivity index (χ0) is 10.9. The first-order valence-corrected chi connectivity index (χ1v) is 4.04. The molecule has 0 aliphatic carbocycles. The molecule has 0 N–H and O–H groups in total. The average Bonchev–Trinajstić information content (AvgIpc) is 2.67. The summed E-state index contributed by atoms with van der Waals surface area (Å²) in [6.07, 6.45) is -4.60. The first-order valence-electron chi connectivity index (χ1n) is 4.04. The van der Waals surface area contributed by atoms with Crippen LogP contribution >= 0.6 is 0 Å². The molecule has 0 fully saturated rings. The van der Waals surface area contributed by atoms with Crippen LogP contribution in [-0.2, 0) is 6.18 Å². The predicted octanol–water partition coefficient (Wildman–Crippen LogP) is 2.76. The fourth-order valence-electron chi connectivity index (χ4n) is 1.04. The van der Waals surface area contributed by atoms with Crippen molar-refractivity contribution in [3.8, 4) is 11.4 Å². The van der Waals surface area contributed by atoms with Gasteiger partial charge in [-0.3, -0.25) is 0 Å². The minimum Gasteiger partial charge on any atom is -0.329 e. The molecule has 2 aromatic rings. The minimum atomic E-state index is -4.60. The Hall–Kier alpha value is -1.85. The molecule has 0 amide bonds. The van der Waals surface area contributed by atoms with E-state index in [-0.39, 0.29) is 5.82 Å². The van der Waals surface area contributed by atoms with Gasteiger partial charge in [0.1, 0.15) is 0 Å². The summed E-state index contributed by atoms with van der Waals surface area (Å²) < 4.78 is 40.5. The molecule has 0 atom stereocenters. The Morgan fingerprint density at radius 1 is 1.07 bits per heavy atom. The summed E-state index contributed by atoms with van der Waals surface area (Å²) in [4.78, 5) is 3.25. The van der Waals surface area contributed by atoms with Crippen LogP contribution in [-0.4, -0.2) is 10.1 Å². The monoisotopic (exact) mass is 213 g/mol. The van der Waals surface area contributed by atoms with Gasteiger partial charge in [0, 0.05) is 5.56 Å². The highest BCUT2D eigenvalue weighted by Crippen LogP contribution is 2.29. The van der Waals surface area contributed by atoms with E-state index >= 15 is 0 Å². The molecule has 15 heavy (non-hydrogen) atoms. The summed E-state index contributed by atoms with van der Waals surface area (Å²) in [6, 6.07) is 8.31. The predicted molar refractivity (Wildman–Crippen MR) is 44.7 cm³/mol. The lowest BCUT2D eigenvalue weighted by Crippen LogP contribution is -2.04. The van der Waals surface area contributed by atoms with Crippen LogP contribution in [0.1, 0.15) is 5.89 Å². The van der Waals surface area contributed by atoms with Gasteiger partial charge in [-0.1, -0.05) is 35.5 Å². The second kappa shape index (κ2) is 3.38. The molecule has 0 saturated heterocycles. The third kappa shape index (κ3) is 1.98. The van der Waals surface area contributed by atoms with Crippen LogP contribution in [0.15, 0.2) is 34.9 Å². The molecule has 0 spiro atoms. The number of hydrogen-bond acceptors (Lipinski definition) is 3. The van der Waals surface area contributed by atoms with Crippen molar-refractivity contribution in [2.75, 3.05) is 0 Å². The van der Waals surface area contributed by atoms with Gasteiger partial charge in [-0.2, -0.15) is 18.2 Å². The van der Waals surface area contributed by atoms with Gasteiger partial charge < -0.3 is 4.52 Å². The zero-order valence-corrected chi connectivity index (χ0v) is 7.32. The van der Waals surface area contributed by atoms with Crippen molar-refractivity contribution < 1.29 is 17.7 Å². The molecule has 0 aliphatic rings. The SMILES string of the molecule is FC(F)([18F])c1nc(-c2ccccc2)no1. The molecule has 1 aromatic carbocycles. The van der Waals surface area contributed by atoms with Crippen molar-refractivity contribution in [2.45, 2.75) is 6.18 Å². The van der Waals surface area contributed by atoms with E-state index in [9.17, 15) is 13.2 Å². The van der Waals surface area contributed by atoms with E-state index in [0.29, 0.717) is 5.56 Å². The van der Waals surface area contributed by atoms with Crippen LogP contribution in [0, 0.1) is 0 Å². The zero-order valence-electron chi connectivity index (χ0n) is 7.32. The van der Waals surface area contributed by atoms with Crippen LogP contribution in [0.4, 0.5) is 13.2 Å². The smallest absolute Gasteiger partial charge is 0.329 e. The molecule has 0 bridgehead atoms. The average molecular weight is 213 g/mol. The van der Waals surface area contributed by atoms with Gasteiger partial charge in [0.25, 0.3) is 0 Å². The number of alkyl halides is 3. The van der Waals surface area contributed by atoms with E-state index in [1.165, 1.54) is 0 Å². The molecule has 1 heterocycles. The molecule has 0 aliphatic heterocycles. The Balaban J connectivity index is 2.37. The van der Waals surface area contributed by atoms with Crippen LogP contribution in [0.2, 0.25) is 0 Å². The normalized spacial score (nSPS) is 11.7. The van der Waals surface area contributed by atoms with Crippen molar-refractivity contribution in [1.29, 1.82) is 0 Å². The van der Waals surface area contributed by atoms with E-state index in [0.717, 1.165) is 0 Å². The molecule has 78 valence electrons. The first-order chi connectivity index (χ1) is 7.07. The summed E-state index contributed by atoms with van der Waals surface area (Å²) in [6.45, 7) is 0. The minimum absolute atomic E-state index is 0.0667. The summed E-state index contributed by atoms with van der Waals surface area (Å²) in [5.74, 6) is -1.40. The fraction of sp³-hybridized carbons (Fsp3) is 0.111. The van der Waals surface area contributed by atoms with Crippen LogP contribution in [0.3, 0.4) is 0 Å². The second-order valence-electron chi connectivity index (χ2n) is 2.79. The van der Waals surface area contributed by atoms with Crippen molar-refractivity contribution in [3.63, 3.8) is 0 Å². The third-order valence-corrected chi connectivity index (χ3v) is 1.70. The highest BCUT2D eigenvalue weighted by atomic mass is 19.3. The van der Waals surface area contributed by atoms with Gasteiger partial charge in [0.05, 0.1) is 0 Å². The molecule has 0 saturated carbocycles. The first kappa shape index (κ1) is 9.70. The number of rotatable bonds is 1. The van der Waals surface area contributed by atoms with Gasteiger partial charge in [-0.25, -0.2) is 0 Å². The lowest BCUT2D eigenvalue weighted by atomic mass is 10.2. The van der Waals surface area contributed by atoms with Gasteiger partial charge in [0.2, 0.25) is 5.82 Å². The maximum absolute atomic E-state index is 12.1. The molecule has 3 nitrogen and oxygen atoms in total. The van der Waals surface area contributed by atoms with Crippen LogP contribution < -0.4 is 0 Å². The largest absolute Gasteiger partial charge is 0.471 e. The van der Waals surface area contributed by atoms with E-state index in [1.807, 2.05) is 0 Å². The number of benzene rings is 1. The quantitative estimate of drug-likeness (QED) is 0.731. The Morgan fingerprint density at radius 2 is 1.73 bits per heavy atom. The Labute approximate surface area is 82.5 Å². The van der Waals surface area contributed by atoms with Gasteiger partial charge in [-0.15, -0.1) is 0 Å². The third-order valence-electron chi connectivity index (χ3n) is 1.70. The molecule has 0 radical (unpaired) electrons. The number of halogens is 3. The molecule has 1 aromatic heterocycles. The summed E-state index contributed by atoms with van der Waals surface area (Å²) in [5.41, 5.74) is 0.483. The van der Waals surface area contributed by atoms with Gasteiger partial charge in [0.15, 0.2) is 0 Å². The lowest BCUT2D eigenvalue weighted by molar-refractivity contribution is -0.159. The maximum Gasteiger partial charge on any atom is 0.471 e. The van der Waals surface area contributed by atoms with Gasteiger partial charge in [-0.05, 0) is 0 Å². The van der Waals surface area contributed by atoms with E-state index in [4.69, 9.17) is 0 Å². The summed E-state index contributed by atoms with van der Waals surface area (Å²) >= 11 is 0. The molecular weight excluding hydrogens is 208 g/mol. The highest BCUT2D eigenvalue weighted by Gasteiger charge is 2.38. The van der Waals surface area contributed by atoms with Crippen molar-refractivity contribution >= 4 is 0 Å². The molecule has 0 unspecified atom stereocenters. The number of aromatic nitrogens is 2. The van der Waals surface area contributed by atoms with Gasteiger partial charge >= 0.3 is 12.1 Å². The van der Waals surface area contributed by atoms with E-state index < -0.39 is 12.1 Å². The fourth-order valence-corrected chi connectivity index (χ4v) is 1.04. The Morgan fingerprint density at radius 3 is 2.27 bits per heavy atom. The highest BCUT2D eigenvalue weighted by molar-refractivity contribution is 5.53. The summed E-state index contributed by atoms with van der Waals surface area (Å²) in [5, 5.41) is 3.25. The number of hydrogen-bond donors (Lipinski definition) is 0. The van der Waals surface area contributed by atoms with E-state index in [2.05, 4.69) is 14.7 Å².